The third kappa shape index (κ3) is 4.88. The van der Waals surface area contributed by atoms with Crippen molar-refractivity contribution in [2.24, 2.45) is 0 Å². The second-order valence-corrected chi connectivity index (χ2v) is 6.04. The van der Waals surface area contributed by atoms with Crippen LogP contribution in [0.5, 0.6) is 0 Å². The lowest BCUT2D eigenvalue weighted by atomic mass is 10.1. The molecular weight excluding hydrogens is 432 g/mol. The summed E-state index contributed by atoms with van der Waals surface area (Å²) in [6.07, 6.45) is -12.7. The van der Waals surface area contributed by atoms with E-state index in [9.17, 15) is 36.2 Å². The predicted octanol–water partition coefficient (Wildman–Crippen LogP) is 4.83. The number of hydrogen-bond donors (Lipinski definition) is 2. The first-order chi connectivity index (χ1) is 13.3. The molecular formula is C16H12ClF6N3O3. The summed E-state index contributed by atoms with van der Waals surface area (Å²) in [6, 6.07) is 0.516. The van der Waals surface area contributed by atoms with Crippen molar-refractivity contribution in [2.45, 2.75) is 25.7 Å². The Hall–Kier alpha value is -2.60. The van der Waals surface area contributed by atoms with Crippen molar-refractivity contribution >= 4 is 29.2 Å². The van der Waals surface area contributed by atoms with Crippen LogP contribution in [0.3, 0.4) is 0 Å². The number of aryl methyl sites for hydroxylation is 1. The van der Waals surface area contributed by atoms with E-state index in [1.54, 1.807) is 0 Å². The second-order valence-electron chi connectivity index (χ2n) is 5.68. The Kier molecular flexibility index (Phi) is 6.28. The molecule has 1 amide bonds. The fourth-order valence-electron chi connectivity index (χ4n) is 2.50. The summed E-state index contributed by atoms with van der Waals surface area (Å²) in [6.45, 7) is 0.724. The number of benzene rings is 1. The highest BCUT2D eigenvalue weighted by molar-refractivity contribution is 6.30. The fourth-order valence-corrected chi connectivity index (χ4v) is 2.80. The van der Waals surface area contributed by atoms with Crippen LogP contribution in [-0.4, -0.2) is 32.9 Å². The maximum absolute atomic E-state index is 13.5. The van der Waals surface area contributed by atoms with Gasteiger partial charge in [0.25, 0.3) is 0 Å². The Morgan fingerprint density at radius 3 is 2.24 bits per heavy atom. The van der Waals surface area contributed by atoms with Crippen molar-refractivity contribution < 1.29 is 41.4 Å². The number of carbonyl (C=O) groups is 1. The number of halogens is 7. The monoisotopic (exact) mass is 443 g/mol. The van der Waals surface area contributed by atoms with Crippen LogP contribution in [0, 0.1) is 6.92 Å². The Labute approximate surface area is 164 Å². The maximum atomic E-state index is 13.5. The molecule has 1 aromatic carbocycles. The number of rotatable bonds is 4. The summed E-state index contributed by atoms with van der Waals surface area (Å²) in [4.78, 5) is 19.4. The topological polar surface area (TPSA) is 86.6 Å². The molecule has 0 aliphatic heterocycles. The van der Waals surface area contributed by atoms with Crippen molar-refractivity contribution in [2.75, 3.05) is 11.5 Å². The Balaban J connectivity index is 2.84. The summed E-state index contributed by atoms with van der Waals surface area (Å²) in [5.74, 6) is -0.701. The van der Waals surface area contributed by atoms with Gasteiger partial charge in [0.15, 0.2) is 5.82 Å². The van der Waals surface area contributed by atoms with Gasteiger partial charge >= 0.3 is 18.4 Å². The van der Waals surface area contributed by atoms with Crippen LogP contribution in [0.2, 0.25) is 5.15 Å². The number of anilines is 2. The molecule has 0 saturated carbocycles. The normalized spacial score (nSPS) is 12.2. The highest BCUT2D eigenvalue weighted by atomic mass is 35.5. The zero-order valence-electron chi connectivity index (χ0n) is 14.4. The van der Waals surface area contributed by atoms with Crippen LogP contribution in [0.15, 0.2) is 18.2 Å². The molecule has 0 fully saturated rings. The van der Waals surface area contributed by atoms with E-state index in [0.717, 1.165) is 0 Å². The molecule has 0 atom stereocenters. The molecule has 2 aromatic rings. The lowest BCUT2D eigenvalue weighted by Crippen LogP contribution is -2.29. The van der Waals surface area contributed by atoms with E-state index in [0.29, 0.717) is 12.1 Å². The van der Waals surface area contributed by atoms with Gasteiger partial charge in [-0.05, 0) is 25.1 Å². The number of aromatic nitrogens is 2. The third-order valence-electron chi connectivity index (χ3n) is 3.68. The number of hydrogen-bond acceptors (Lipinski definition) is 4. The van der Waals surface area contributed by atoms with Crippen molar-refractivity contribution in [3.63, 3.8) is 0 Å². The van der Waals surface area contributed by atoms with E-state index in [1.807, 2.05) is 0 Å². The molecule has 0 unspecified atom stereocenters. The number of nitrogens with zero attached hydrogens (tertiary/aromatic N) is 3. The minimum absolute atomic E-state index is 0.0640. The van der Waals surface area contributed by atoms with Gasteiger partial charge in [-0.25, -0.2) is 19.7 Å². The van der Waals surface area contributed by atoms with Gasteiger partial charge in [-0.1, -0.05) is 11.6 Å². The van der Waals surface area contributed by atoms with Gasteiger partial charge in [0.1, 0.15) is 11.0 Å². The minimum atomic E-state index is -5.31. The lowest BCUT2D eigenvalue weighted by molar-refractivity contribution is -0.142. The Bertz CT molecular complexity index is 933. The first kappa shape index (κ1) is 22.7. The van der Waals surface area contributed by atoms with Crippen LogP contribution in [0.1, 0.15) is 22.5 Å². The molecule has 0 spiro atoms. The van der Waals surface area contributed by atoms with E-state index in [1.165, 1.54) is 6.92 Å². The van der Waals surface area contributed by atoms with E-state index in [4.69, 9.17) is 16.7 Å². The highest BCUT2D eigenvalue weighted by Crippen LogP contribution is 2.43. The minimum Gasteiger partial charge on any atom is -0.464 e. The SMILES string of the molecule is Cc1nc(Cl)c(CCO)c(N(C(=O)O)c2ccc(C(F)(F)F)cc2C(F)(F)F)n1. The van der Waals surface area contributed by atoms with Crippen molar-refractivity contribution in [3.8, 4) is 0 Å². The summed E-state index contributed by atoms with van der Waals surface area (Å²) < 4.78 is 79.1. The van der Waals surface area contributed by atoms with Crippen molar-refractivity contribution in [1.82, 2.24) is 9.97 Å². The van der Waals surface area contributed by atoms with Gasteiger partial charge < -0.3 is 10.2 Å². The molecule has 0 bridgehead atoms. The first-order valence-corrected chi connectivity index (χ1v) is 8.10. The molecule has 29 heavy (non-hydrogen) atoms. The molecule has 13 heteroatoms. The average molecular weight is 444 g/mol. The molecule has 1 heterocycles. The van der Waals surface area contributed by atoms with Gasteiger partial charge in [0.2, 0.25) is 0 Å². The van der Waals surface area contributed by atoms with Crippen LogP contribution in [-0.2, 0) is 18.8 Å². The van der Waals surface area contributed by atoms with E-state index in [-0.39, 0.29) is 33.9 Å². The number of carboxylic acid groups (broad SMARTS) is 1. The number of alkyl halides is 6. The molecule has 0 aliphatic rings. The largest absolute Gasteiger partial charge is 0.464 e. The van der Waals surface area contributed by atoms with Gasteiger partial charge in [-0.15, -0.1) is 0 Å². The molecule has 2 N–H and O–H groups in total. The predicted molar refractivity (Wildman–Crippen MR) is 89.2 cm³/mol. The van der Waals surface area contributed by atoms with Crippen LogP contribution < -0.4 is 4.90 Å². The summed E-state index contributed by atoms with van der Waals surface area (Å²) >= 11 is 5.91. The highest BCUT2D eigenvalue weighted by Gasteiger charge is 2.41. The lowest BCUT2D eigenvalue weighted by Gasteiger charge is -2.25. The van der Waals surface area contributed by atoms with Gasteiger partial charge in [0, 0.05) is 18.6 Å². The van der Waals surface area contributed by atoms with Gasteiger partial charge in [-0.2, -0.15) is 26.3 Å². The summed E-state index contributed by atoms with van der Waals surface area (Å²) in [7, 11) is 0. The first-order valence-electron chi connectivity index (χ1n) is 7.72. The molecule has 1 aromatic heterocycles. The van der Waals surface area contributed by atoms with Gasteiger partial charge in [-0.3, -0.25) is 0 Å². The molecule has 6 nitrogen and oxygen atoms in total. The standard InChI is InChI=1S/C16H12ClF6N3O3/c1-7-24-12(17)9(4-5-27)13(25-7)26(14(28)29)11-3-2-8(15(18,19)20)6-10(11)16(21,22)23/h2-3,6,27H,4-5H2,1H3,(H,28,29). The van der Waals surface area contributed by atoms with Crippen LogP contribution in [0.4, 0.5) is 42.6 Å². The van der Waals surface area contributed by atoms with Crippen LogP contribution >= 0.6 is 11.6 Å². The molecule has 0 saturated heterocycles. The number of amides is 1. The molecule has 2 rings (SSSR count). The van der Waals surface area contributed by atoms with Crippen molar-refractivity contribution in [3.05, 3.63) is 45.9 Å². The Morgan fingerprint density at radius 1 is 1.14 bits per heavy atom. The van der Waals surface area contributed by atoms with E-state index in [2.05, 4.69) is 9.97 Å². The van der Waals surface area contributed by atoms with Crippen molar-refractivity contribution in [1.29, 1.82) is 0 Å². The summed E-state index contributed by atoms with van der Waals surface area (Å²) in [5.41, 5.74) is -4.73. The molecule has 0 radical (unpaired) electrons. The van der Waals surface area contributed by atoms with Gasteiger partial charge in [0.05, 0.1) is 16.8 Å². The zero-order chi connectivity index (χ0) is 22.1. The van der Waals surface area contributed by atoms with E-state index >= 15 is 0 Å². The Morgan fingerprint density at radius 2 is 1.76 bits per heavy atom. The summed E-state index contributed by atoms with van der Waals surface area (Å²) in [5, 5.41) is 18.4. The van der Waals surface area contributed by atoms with Crippen LogP contribution in [0.25, 0.3) is 0 Å². The second kappa shape index (κ2) is 8.03. The van der Waals surface area contributed by atoms with E-state index < -0.39 is 47.7 Å². The number of aliphatic hydroxyl groups excluding tert-OH is 1. The number of aliphatic hydroxyl groups is 1. The zero-order valence-corrected chi connectivity index (χ0v) is 15.2. The fraction of sp³-hybridized carbons (Fsp3) is 0.312. The maximum Gasteiger partial charge on any atom is 0.418 e. The third-order valence-corrected chi connectivity index (χ3v) is 3.99. The smallest absolute Gasteiger partial charge is 0.418 e. The molecule has 158 valence electrons. The quantitative estimate of drug-likeness (QED) is 0.522. The average Bonchev–Trinajstić information content (AvgIpc) is 2.56. The molecule has 0 aliphatic carbocycles.